The Morgan fingerprint density at radius 3 is 2.48 bits per heavy atom. The molecule has 112 valence electrons. The monoisotopic (exact) mass is 293 g/mol. The SMILES string of the molecule is CC(C)c1nc(NN)cc(NCc2ccc(F)cc2F)n1. The van der Waals surface area contributed by atoms with Gasteiger partial charge in [-0.3, -0.25) is 0 Å². The van der Waals surface area contributed by atoms with E-state index in [9.17, 15) is 8.78 Å². The zero-order chi connectivity index (χ0) is 15.4. The molecule has 0 amide bonds. The number of nitrogens with two attached hydrogens (primary N) is 1. The summed E-state index contributed by atoms with van der Waals surface area (Å²) in [5.41, 5.74) is 2.82. The molecule has 1 aromatic carbocycles. The Kier molecular flexibility index (Phi) is 4.64. The van der Waals surface area contributed by atoms with Crippen LogP contribution in [0.2, 0.25) is 0 Å². The number of benzene rings is 1. The number of hydrogen-bond acceptors (Lipinski definition) is 5. The largest absolute Gasteiger partial charge is 0.366 e. The van der Waals surface area contributed by atoms with Crippen molar-refractivity contribution in [2.45, 2.75) is 26.3 Å². The van der Waals surface area contributed by atoms with Crippen molar-refractivity contribution < 1.29 is 8.78 Å². The summed E-state index contributed by atoms with van der Waals surface area (Å²) >= 11 is 0. The van der Waals surface area contributed by atoms with Crippen LogP contribution in [0, 0.1) is 11.6 Å². The Bertz CT molecular complexity index is 631. The van der Waals surface area contributed by atoms with Gasteiger partial charge in [0.1, 0.15) is 29.1 Å². The van der Waals surface area contributed by atoms with Crippen LogP contribution in [-0.2, 0) is 6.54 Å². The zero-order valence-electron chi connectivity index (χ0n) is 11.8. The summed E-state index contributed by atoms with van der Waals surface area (Å²) in [6.45, 7) is 4.10. The van der Waals surface area contributed by atoms with Crippen molar-refractivity contribution in [3.05, 3.63) is 47.3 Å². The summed E-state index contributed by atoms with van der Waals surface area (Å²) in [4.78, 5) is 8.55. The highest BCUT2D eigenvalue weighted by Gasteiger charge is 2.09. The molecule has 2 rings (SSSR count). The summed E-state index contributed by atoms with van der Waals surface area (Å²) in [5, 5.41) is 2.98. The van der Waals surface area contributed by atoms with Crippen molar-refractivity contribution in [3.8, 4) is 0 Å². The maximum absolute atomic E-state index is 13.6. The molecule has 0 spiro atoms. The molecule has 0 bridgehead atoms. The van der Waals surface area contributed by atoms with Crippen molar-refractivity contribution in [2.75, 3.05) is 10.7 Å². The fourth-order valence-electron chi connectivity index (χ4n) is 1.74. The van der Waals surface area contributed by atoms with Crippen LogP contribution >= 0.6 is 0 Å². The summed E-state index contributed by atoms with van der Waals surface area (Å²) in [5.74, 6) is 5.90. The van der Waals surface area contributed by atoms with E-state index in [1.807, 2.05) is 13.8 Å². The van der Waals surface area contributed by atoms with Gasteiger partial charge in [0, 0.05) is 30.2 Å². The van der Waals surface area contributed by atoms with Crippen molar-refractivity contribution in [3.63, 3.8) is 0 Å². The highest BCUT2D eigenvalue weighted by Crippen LogP contribution is 2.18. The molecule has 0 aliphatic heterocycles. The first-order chi connectivity index (χ1) is 9.99. The number of nitrogen functional groups attached to an aromatic ring is 1. The van der Waals surface area contributed by atoms with E-state index in [4.69, 9.17) is 5.84 Å². The van der Waals surface area contributed by atoms with Crippen LogP contribution in [0.25, 0.3) is 0 Å². The molecular formula is C14H17F2N5. The Balaban J connectivity index is 2.17. The molecule has 0 aliphatic carbocycles. The van der Waals surface area contributed by atoms with Gasteiger partial charge in [-0.25, -0.2) is 24.6 Å². The summed E-state index contributed by atoms with van der Waals surface area (Å²) in [7, 11) is 0. The van der Waals surface area contributed by atoms with E-state index in [0.717, 1.165) is 6.07 Å². The number of nitrogens with zero attached hydrogens (tertiary/aromatic N) is 2. The minimum atomic E-state index is -0.602. The number of halogens is 2. The third kappa shape index (κ3) is 3.85. The van der Waals surface area contributed by atoms with Gasteiger partial charge >= 0.3 is 0 Å². The van der Waals surface area contributed by atoms with Crippen LogP contribution in [0.15, 0.2) is 24.3 Å². The molecule has 0 saturated heterocycles. The van der Waals surface area contributed by atoms with E-state index >= 15 is 0 Å². The van der Waals surface area contributed by atoms with Gasteiger partial charge in [-0.15, -0.1) is 0 Å². The molecule has 21 heavy (non-hydrogen) atoms. The van der Waals surface area contributed by atoms with Gasteiger partial charge in [0.2, 0.25) is 0 Å². The lowest BCUT2D eigenvalue weighted by Gasteiger charge is -2.11. The lowest BCUT2D eigenvalue weighted by Crippen LogP contribution is -2.13. The number of rotatable bonds is 5. The molecule has 0 unspecified atom stereocenters. The Hall–Kier alpha value is -2.28. The van der Waals surface area contributed by atoms with Crippen molar-refractivity contribution >= 4 is 11.6 Å². The predicted octanol–water partition coefficient (Wildman–Crippen LogP) is 2.78. The maximum Gasteiger partial charge on any atom is 0.145 e. The first-order valence-electron chi connectivity index (χ1n) is 6.53. The predicted molar refractivity (Wildman–Crippen MR) is 77.6 cm³/mol. The van der Waals surface area contributed by atoms with E-state index in [1.54, 1.807) is 6.07 Å². The van der Waals surface area contributed by atoms with Gasteiger partial charge < -0.3 is 10.7 Å². The standard InChI is InChI=1S/C14H17F2N5/c1-8(2)14-19-12(6-13(20-14)21-17)18-7-9-3-4-10(15)5-11(9)16/h3-6,8H,7,17H2,1-2H3,(H2,18,19,20,21). The van der Waals surface area contributed by atoms with Crippen molar-refractivity contribution in [1.29, 1.82) is 0 Å². The highest BCUT2D eigenvalue weighted by atomic mass is 19.1. The second kappa shape index (κ2) is 6.45. The first kappa shape index (κ1) is 15.1. The van der Waals surface area contributed by atoms with Crippen LogP contribution in [0.4, 0.5) is 20.4 Å². The fraction of sp³-hybridized carbons (Fsp3) is 0.286. The Morgan fingerprint density at radius 2 is 1.86 bits per heavy atom. The number of nitrogens with one attached hydrogen (secondary N) is 2. The molecule has 0 atom stereocenters. The molecule has 0 fully saturated rings. The zero-order valence-corrected chi connectivity index (χ0v) is 11.8. The number of anilines is 2. The molecule has 0 aliphatic rings. The van der Waals surface area contributed by atoms with E-state index in [-0.39, 0.29) is 12.5 Å². The molecule has 5 nitrogen and oxygen atoms in total. The van der Waals surface area contributed by atoms with Crippen LogP contribution in [-0.4, -0.2) is 9.97 Å². The molecule has 0 saturated carbocycles. The van der Waals surface area contributed by atoms with Gasteiger partial charge in [-0.2, -0.15) is 0 Å². The Labute approximate surface area is 121 Å². The molecule has 2 aromatic rings. The first-order valence-corrected chi connectivity index (χ1v) is 6.53. The van der Waals surface area contributed by atoms with Crippen molar-refractivity contribution in [1.82, 2.24) is 9.97 Å². The smallest absolute Gasteiger partial charge is 0.145 e. The van der Waals surface area contributed by atoms with Crippen LogP contribution in [0.5, 0.6) is 0 Å². The normalized spacial score (nSPS) is 10.8. The average molecular weight is 293 g/mol. The minimum absolute atomic E-state index is 0.126. The molecule has 1 aromatic heterocycles. The average Bonchev–Trinajstić information content (AvgIpc) is 2.46. The summed E-state index contributed by atoms with van der Waals surface area (Å²) in [6.07, 6.45) is 0. The molecule has 7 heteroatoms. The number of aromatic nitrogens is 2. The second-order valence-corrected chi connectivity index (χ2v) is 4.88. The molecule has 4 N–H and O–H groups in total. The van der Waals surface area contributed by atoms with Gasteiger partial charge in [0.25, 0.3) is 0 Å². The maximum atomic E-state index is 13.6. The lowest BCUT2D eigenvalue weighted by molar-refractivity contribution is 0.574. The van der Waals surface area contributed by atoms with Gasteiger partial charge in [0.15, 0.2) is 0 Å². The third-order valence-corrected chi connectivity index (χ3v) is 2.88. The fourth-order valence-corrected chi connectivity index (χ4v) is 1.74. The van der Waals surface area contributed by atoms with Crippen LogP contribution in [0.3, 0.4) is 0 Å². The quantitative estimate of drug-likeness (QED) is 0.584. The van der Waals surface area contributed by atoms with Crippen LogP contribution < -0.4 is 16.6 Å². The highest BCUT2D eigenvalue weighted by molar-refractivity contribution is 5.47. The second-order valence-electron chi connectivity index (χ2n) is 4.88. The van der Waals surface area contributed by atoms with Gasteiger partial charge in [-0.05, 0) is 6.07 Å². The molecule has 1 heterocycles. The van der Waals surface area contributed by atoms with Crippen LogP contribution in [0.1, 0.15) is 31.2 Å². The summed E-state index contributed by atoms with van der Waals surface area (Å²) < 4.78 is 26.4. The number of hydrogen-bond donors (Lipinski definition) is 3. The topological polar surface area (TPSA) is 75.9 Å². The van der Waals surface area contributed by atoms with Crippen molar-refractivity contribution in [2.24, 2.45) is 5.84 Å². The van der Waals surface area contributed by atoms with E-state index < -0.39 is 11.6 Å². The number of hydrazine groups is 1. The Morgan fingerprint density at radius 1 is 1.14 bits per heavy atom. The third-order valence-electron chi connectivity index (χ3n) is 2.88. The lowest BCUT2D eigenvalue weighted by atomic mass is 10.2. The van der Waals surface area contributed by atoms with Gasteiger partial charge in [-0.1, -0.05) is 19.9 Å². The summed E-state index contributed by atoms with van der Waals surface area (Å²) in [6, 6.07) is 5.08. The van der Waals surface area contributed by atoms with Gasteiger partial charge in [0.05, 0.1) is 0 Å². The molecular weight excluding hydrogens is 276 g/mol. The van der Waals surface area contributed by atoms with E-state index in [2.05, 4.69) is 20.7 Å². The van der Waals surface area contributed by atoms with E-state index in [0.29, 0.717) is 23.0 Å². The minimum Gasteiger partial charge on any atom is -0.366 e. The van der Waals surface area contributed by atoms with E-state index in [1.165, 1.54) is 12.1 Å². The molecule has 0 radical (unpaired) electrons.